The Morgan fingerprint density at radius 3 is 1.09 bits per heavy atom. The molecule has 1 aliphatic heterocycles. The van der Waals surface area contributed by atoms with Gasteiger partial charge in [0.15, 0.2) is 0 Å². The molecule has 4 aromatic rings. The number of para-hydroxylation sites is 4. The summed E-state index contributed by atoms with van der Waals surface area (Å²) in [7, 11) is 5.08. The predicted octanol–water partition coefficient (Wildman–Crippen LogP) is 6.49. The highest BCUT2D eigenvalue weighted by Crippen LogP contribution is 2.51. The first-order valence-electron chi connectivity index (χ1n) is 15.9. The molecule has 1 saturated heterocycles. The third-order valence-corrected chi connectivity index (χ3v) is 14.2. The Kier molecular flexibility index (Phi) is 12.7. The molecule has 4 aromatic carbocycles. The van der Waals surface area contributed by atoms with Gasteiger partial charge in [-0.15, -0.1) is 0 Å². The molecule has 8 heteroatoms. The van der Waals surface area contributed by atoms with E-state index in [4.69, 9.17) is 28.4 Å². The molecule has 0 spiro atoms. The lowest BCUT2D eigenvalue weighted by atomic mass is 9.95. The molecule has 0 amide bonds. The highest BCUT2D eigenvalue weighted by molar-refractivity contribution is 7.74. The highest BCUT2D eigenvalue weighted by Gasteiger charge is 2.41. The lowest BCUT2D eigenvalue weighted by Crippen LogP contribution is -2.43. The van der Waals surface area contributed by atoms with E-state index < -0.39 is 15.8 Å². The fourth-order valence-corrected chi connectivity index (χ4v) is 12.2. The van der Waals surface area contributed by atoms with Gasteiger partial charge in [-0.25, -0.2) is 0 Å². The summed E-state index contributed by atoms with van der Waals surface area (Å²) in [6.07, 6.45) is 4.82. The number of rotatable bonds is 12. The fraction of sp³-hybridized carbons (Fsp3) is 0.368. The maximum atomic E-state index is 6.61. The summed E-state index contributed by atoms with van der Waals surface area (Å²) in [5.74, 6) is 3.53. The van der Waals surface area contributed by atoms with Gasteiger partial charge in [-0.3, -0.25) is 0 Å². The summed E-state index contributed by atoms with van der Waals surface area (Å²) in [5.41, 5.74) is -0.349. The van der Waals surface area contributed by atoms with Crippen molar-refractivity contribution in [2.24, 2.45) is 5.41 Å². The van der Waals surface area contributed by atoms with E-state index >= 15 is 0 Å². The molecule has 1 fully saturated rings. The van der Waals surface area contributed by atoms with E-state index in [1.54, 1.807) is 28.4 Å². The van der Waals surface area contributed by atoms with E-state index in [2.05, 4.69) is 72.8 Å². The van der Waals surface area contributed by atoms with Crippen LogP contribution in [0.5, 0.6) is 23.0 Å². The van der Waals surface area contributed by atoms with Crippen molar-refractivity contribution in [1.82, 2.24) is 0 Å². The van der Waals surface area contributed by atoms with Gasteiger partial charge in [-0.05, 0) is 71.7 Å². The lowest BCUT2D eigenvalue weighted by Gasteiger charge is -2.40. The molecule has 0 atom stereocenters. The third kappa shape index (κ3) is 8.22. The van der Waals surface area contributed by atoms with Crippen LogP contribution in [0.15, 0.2) is 97.1 Å². The molecule has 5 rings (SSSR count). The second-order valence-electron chi connectivity index (χ2n) is 11.5. The Labute approximate surface area is 276 Å². The van der Waals surface area contributed by atoms with Crippen LogP contribution in [0.2, 0.25) is 0 Å². The van der Waals surface area contributed by atoms with Gasteiger partial charge in [0, 0.05) is 39.8 Å². The average molecular weight is 661 g/mol. The Morgan fingerprint density at radius 2 is 0.783 bits per heavy atom. The summed E-state index contributed by atoms with van der Waals surface area (Å²) in [6.45, 7) is 2.65. The average Bonchev–Trinajstić information content (AvgIpc) is 3.12. The fourth-order valence-electron chi connectivity index (χ4n) is 6.12. The molecule has 6 nitrogen and oxygen atoms in total. The molecule has 0 radical (unpaired) electrons. The van der Waals surface area contributed by atoms with Gasteiger partial charge < -0.3 is 28.4 Å². The van der Waals surface area contributed by atoms with Crippen LogP contribution in [0.3, 0.4) is 0 Å². The minimum absolute atomic E-state index is 0.349. The van der Waals surface area contributed by atoms with Gasteiger partial charge in [0.05, 0.1) is 41.7 Å². The van der Waals surface area contributed by atoms with E-state index in [0.29, 0.717) is 13.2 Å². The minimum atomic E-state index is -0.965. The van der Waals surface area contributed by atoms with Gasteiger partial charge in [-0.1, -0.05) is 72.8 Å². The van der Waals surface area contributed by atoms with Crippen LogP contribution in [0.25, 0.3) is 0 Å². The normalized spacial score (nSPS) is 15.3. The van der Waals surface area contributed by atoms with Crippen molar-refractivity contribution < 1.29 is 28.4 Å². The summed E-state index contributed by atoms with van der Waals surface area (Å²) in [6, 6.07) is 33.6. The molecule has 1 aliphatic rings. The standard InChI is InChI=1S/C38H46O6P2/c1-39-30-16-6-10-20-34(30)45(35-21-11-7-17-31(35)40-2)28-38(26-43-24-14-5-15-25-44-27-38)29-46(36-22-12-8-18-32(36)41-3)37-23-13-9-19-33(37)42-4/h6-13,16-23H,5,14-15,24-29H2,1-4H3. The molecular weight excluding hydrogens is 614 g/mol. The topological polar surface area (TPSA) is 55.4 Å². The Bertz CT molecular complexity index is 1320. The Hall–Kier alpha value is -3.14. The minimum Gasteiger partial charge on any atom is -0.496 e. The van der Waals surface area contributed by atoms with Gasteiger partial charge in [0.25, 0.3) is 0 Å². The van der Waals surface area contributed by atoms with Gasteiger partial charge in [0.2, 0.25) is 0 Å². The Morgan fingerprint density at radius 1 is 0.478 bits per heavy atom. The second kappa shape index (κ2) is 17.1. The first-order valence-corrected chi connectivity index (χ1v) is 18.9. The van der Waals surface area contributed by atoms with Crippen molar-refractivity contribution in [1.29, 1.82) is 0 Å². The van der Waals surface area contributed by atoms with Gasteiger partial charge in [-0.2, -0.15) is 0 Å². The number of hydrogen-bond acceptors (Lipinski definition) is 6. The van der Waals surface area contributed by atoms with E-state index in [9.17, 15) is 0 Å². The number of methoxy groups -OCH3 is 4. The second-order valence-corrected chi connectivity index (χ2v) is 15.8. The lowest BCUT2D eigenvalue weighted by molar-refractivity contribution is -0.00943. The monoisotopic (exact) mass is 660 g/mol. The number of ether oxygens (including phenoxy) is 6. The molecule has 244 valence electrons. The zero-order valence-corrected chi connectivity index (χ0v) is 29.2. The molecule has 1 heterocycles. The van der Waals surface area contributed by atoms with Crippen molar-refractivity contribution in [2.75, 3.05) is 67.2 Å². The number of hydrogen-bond donors (Lipinski definition) is 0. The van der Waals surface area contributed by atoms with Crippen LogP contribution >= 0.6 is 15.8 Å². The third-order valence-electron chi connectivity index (χ3n) is 8.38. The summed E-state index contributed by atoms with van der Waals surface area (Å²) in [4.78, 5) is 0. The quantitative estimate of drug-likeness (QED) is 0.162. The van der Waals surface area contributed by atoms with Crippen molar-refractivity contribution in [3.05, 3.63) is 97.1 Å². The van der Waals surface area contributed by atoms with Crippen LogP contribution in [0.4, 0.5) is 0 Å². The van der Waals surface area contributed by atoms with Crippen molar-refractivity contribution in [3.63, 3.8) is 0 Å². The van der Waals surface area contributed by atoms with E-state index in [1.807, 2.05) is 24.3 Å². The maximum absolute atomic E-state index is 6.61. The zero-order valence-electron chi connectivity index (χ0n) is 27.4. The molecule has 46 heavy (non-hydrogen) atoms. The largest absolute Gasteiger partial charge is 0.496 e. The molecule has 0 saturated carbocycles. The molecule has 0 aliphatic carbocycles. The first-order chi connectivity index (χ1) is 22.6. The molecular formula is C38H46O6P2. The van der Waals surface area contributed by atoms with Crippen LogP contribution in [-0.4, -0.2) is 67.2 Å². The van der Waals surface area contributed by atoms with Gasteiger partial charge in [0.1, 0.15) is 23.0 Å². The molecule has 0 aromatic heterocycles. The van der Waals surface area contributed by atoms with Gasteiger partial charge >= 0.3 is 0 Å². The number of benzene rings is 4. The maximum Gasteiger partial charge on any atom is 0.126 e. The zero-order chi connectivity index (χ0) is 32.2. The molecule has 0 N–H and O–H groups in total. The van der Waals surface area contributed by atoms with Crippen molar-refractivity contribution in [3.8, 4) is 23.0 Å². The van der Waals surface area contributed by atoms with Crippen LogP contribution in [0.1, 0.15) is 19.3 Å². The first kappa shape index (κ1) is 34.2. The van der Waals surface area contributed by atoms with Crippen LogP contribution in [-0.2, 0) is 9.47 Å². The Balaban J connectivity index is 1.70. The summed E-state index contributed by atoms with van der Waals surface area (Å²) in [5, 5.41) is 4.72. The highest BCUT2D eigenvalue weighted by atomic mass is 31.1. The summed E-state index contributed by atoms with van der Waals surface area (Å²) >= 11 is 0. The summed E-state index contributed by atoms with van der Waals surface area (Å²) < 4.78 is 37.2. The SMILES string of the molecule is COc1ccccc1P(CC1(CP(c2ccccc2OC)c2ccccc2OC)COCCCCCOC1)c1ccccc1OC. The van der Waals surface area contributed by atoms with Crippen molar-refractivity contribution in [2.45, 2.75) is 19.3 Å². The molecule has 0 unspecified atom stereocenters. The van der Waals surface area contributed by atoms with Crippen LogP contribution in [0, 0.1) is 5.41 Å². The van der Waals surface area contributed by atoms with E-state index in [-0.39, 0.29) is 5.41 Å². The van der Waals surface area contributed by atoms with E-state index in [0.717, 1.165) is 67.8 Å². The van der Waals surface area contributed by atoms with Crippen LogP contribution < -0.4 is 40.2 Å². The smallest absolute Gasteiger partial charge is 0.126 e. The van der Waals surface area contributed by atoms with E-state index in [1.165, 1.54) is 21.2 Å². The molecule has 0 bridgehead atoms. The predicted molar refractivity (Wildman–Crippen MR) is 192 cm³/mol. The van der Waals surface area contributed by atoms with Crippen molar-refractivity contribution >= 4 is 37.1 Å².